The first-order chi connectivity index (χ1) is 15.4. The van der Waals surface area contributed by atoms with Crippen LogP contribution in [0.15, 0.2) is 53.7 Å². The second-order valence-electron chi connectivity index (χ2n) is 8.21. The van der Waals surface area contributed by atoms with E-state index in [0.717, 1.165) is 57.5 Å². The lowest BCUT2D eigenvalue weighted by molar-refractivity contribution is -0.129. The van der Waals surface area contributed by atoms with Crippen molar-refractivity contribution < 1.29 is 13.9 Å². The average Bonchev–Trinajstić information content (AvgIpc) is 2.94. The number of guanidine groups is 1. The van der Waals surface area contributed by atoms with E-state index < -0.39 is 11.5 Å². The number of rotatable bonds is 2. The molecule has 162 valence electrons. The molecule has 7 heteroatoms. The summed E-state index contributed by atoms with van der Waals surface area (Å²) in [7, 11) is 3.29. The Balaban J connectivity index is 1.81. The van der Waals surface area contributed by atoms with Crippen LogP contribution in [0.4, 0.5) is 4.39 Å². The molecule has 3 aromatic rings. The molecule has 6 nitrogen and oxygen atoms in total. The lowest BCUT2D eigenvalue weighted by Gasteiger charge is -2.29. The fraction of sp³-hybridized carbons (Fsp3) is 0.240. The molecule has 1 aromatic heterocycles. The van der Waals surface area contributed by atoms with Crippen LogP contribution in [0.3, 0.4) is 0 Å². The number of fused-ring (bicyclic) bond motifs is 4. The number of hydrogen-bond donors (Lipinski definition) is 1. The summed E-state index contributed by atoms with van der Waals surface area (Å²) in [6, 6.07) is 12.8. The van der Waals surface area contributed by atoms with Crippen molar-refractivity contribution in [1.29, 1.82) is 0 Å². The largest absolute Gasteiger partial charge is 0.496 e. The van der Waals surface area contributed by atoms with Crippen molar-refractivity contribution in [1.82, 2.24) is 9.88 Å². The van der Waals surface area contributed by atoms with E-state index in [4.69, 9.17) is 15.5 Å². The topological polar surface area (TPSA) is 80.8 Å². The van der Waals surface area contributed by atoms with Crippen LogP contribution in [0, 0.1) is 12.9 Å². The number of carbonyl (C=O) groups excluding carboxylic acids is 1. The second kappa shape index (κ2) is 7.15. The van der Waals surface area contributed by atoms with Crippen LogP contribution in [-0.2, 0) is 23.2 Å². The second-order valence-corrected chi connectivity index (χ2v) is 8.21. The lowest BCUT2D eigenvalue weighted by atomic mass is 9.78. The number of aryl methyl sites for hydroxylation is 1. The van der Waals surface area contributed by atoms with Crippen LogP contribution in [0.5, 0.6) is 5.75 Å². The number of likely N-dealkylation sites (N-methyl/N-ethyl adjacent to an activating group) is 1. The van der Waals surface area contributed by atoms with E-state index in [1.165, 1.54) is 17.2 Å². The first-order valence-electron chi connectivity index (χ1n) is 10.4. The SMILES string of the molecule is COc1ccc2c(c1C)CCc1ccc(-c3ccc(F)nc3)cc1C21N=C(N)N(C)C1=O. The quantitative estimate of drug-likeness (QED) is 0.633. The Labute approximate surface area is 185 Å². The highest BCUT2D eigenvalue weighted by Gasteiger charge is 2.52. The zero-order chi connectivity index (χ0) is 22.6. The molecule has 0 saturated heterocycles. The molecule has 0 saturated carbocycles. The number of amides is 1. The Morgan fingerprint density at radius 1 is 1.09 bits per heavy atom. The minimum Gasteiger partial charge on any atom is -0.496 e. The summed E-state index contributed by atoms with van der Waals surface area (Å²) in [5.74, 6) is 0.219. The number of halogens is 1. The van der Waals surface area contributed by atoms with Gasteiger partial charge in [0.1, 0.15) is 5.75 Å². The fourth-order valence-corrected chi connectivity index (χ4v) is 4.87. The van der Waals surface area contributed by atoms with Crippen molar-refractivity contribution in [2.24, 2.45) is 10.7 Å². The fourth-order valence-electron chi connectivity index (χ4n) is 4.87. The molecule has 32 heavy (non-hydrogen) atoms. The minimum absolute atomic E-state index is 0.177. The molecule has 1 spiro atoms. The molecular weight excluding hydrogens is 407 g/mol. The van der Waals surface area contributed by atoms with Gasteiger partial charge in [0.25, 0.3) is 5.91 Å². The van der Waals surface area contributed by atoms with Gasteiger partial charge in [0.05, 0.1) is 7.11 Å². The van der Waals surface area contributed by atoms with Crippen LogP contribution < -0.4 is 10.5 Å². The highest BCUT2D eigenvalue weighted by atomic mass is 19.1. The third-order valence-electron chi connectivity index (χ3n) is 6.60. The molecule has 0 radical (unpaired) electrons. The molecule has 2 N–H and O–H groups in total. The van der Waals surface area contributed by atoms with Crippen molar-refractivity contribution >= 4 is 11.9 Å². The Hall–Kier alpha value is -3.74. The summed E-state index contributed by atoms with van der Waals surface area (Å²) in [4.78, 5) is 23.7. The zero-order valence-corrected chi connectivity index (χ0v) is 18.1. The number of methoxy groups -OCH3 is 1. The summed E-state index contributed by atoms with van der Waals surface area (Å²) in [5.41, 5.74) is 11.2. The van der Waals surface area contributed by atoms with Gasteiger partial charge in [-0.2, -0.15) is 4.39 Å². The van der Waals surface area contributed by atoms with Crippen molar-refractivity contribution in [3.05, 3.63) is 82.4 Å². The molecule has 1 unspecified atom stereocenters. The summed E-state index contributed by atoms with van der Waals surface area (Å²) in [6.45, 7) is 2.01. The minimum atomic E-state index is -1.28. The average molecular weight is 430 g/mol. The maximum atomic E-state index is 13.8. The lowest BCUT2D eigenvalue weighted by Crippen LogP contribution is -2.41. The van der Waals surface area contributed by atoms with E-state index in [0.29, 0.717) is 0 Å². The third-order valence-corrected chi connectivity index (χ3v) is 6.60. The number of nitrogens with zero attached hydrogens (tertiary/aromatic N) is 3. The molecule has 2 aliphatic rings. The van der Waals surface area contributed by atoms with Crippen LogP contribution in [-0.4, -0.2) is 35.9 Å². The van der Waals surface area contributed by atoms with Crippen LogP contribution in [0.2, 0.25) is 0 Å². The van der Waals surface area contributed by atoms with Crippen molar-refractivity contribution in [2.75, 3.05) is 14.2 Å². The molecule has 1 aliphatic carbocycles. The molecule has 2 heterocycles. The molecule has 0 fully saturated rings. The Bertz CT molecular complexity index is 1290. The number of benzene rings is 2. The Morgan fingerprint density at radius 3 is 2.53 bits per heavy atom. The molecule has 5 rings (SSSR count). The summed E-state index contributed by atoms with van der Waals surface area (Å²) in [5, 5.41) is 0. The van der Waals surface area contributed by atoms with Crippen LogP contribution in [0.25, 0.3) is 11.1 Å². The molecule has 1 aliphatic heterocycles. The van der Waals surface area contributed by atoms with Crippen LogP contribution in [0.1, 0.15) is 27.8 Å². The smallest absolute Gasteiger partial charge is 0.266 e. The predicted octanol–water partition coefficient (Wildman–Crippen LogP) is 3.33. The number of ether oxygens (including phenoxy) is 1. The van der Waals surface area contributed by atoms with Gasteiger partial charge < -0.3 is 10.5 Å². The van der Waals surface area contributed by atoms with E-state index in [9.17, 15) is 9.18 Å². The number of hydrogen-bond acceptors (Lipinski definition) is 5. The molecule has 2 aromatic carbocycles. The highest BCUT2D eigenvalue weighted by Crippen LogP contribution is 2.47. The number of aliphatic imine (C=N–C) groups is 1. The maximum absolute atomic E-state index is 13.8. The zero-order valence-electron chi connectivity index (χ0n) is 18.1. The van der Waals surface area contributed by atoms with Gasteiger partial charge in [-0.3, -0.25) is 9.69 Å². The highest BCUT2D eigenvalue weighted by molar-refractivity contribution is 6.09. The van der Waals surface area contributed by atoms with Gasteiger partial charge in [-0.15, -0.1) is 0 Å². The van der Waals surface area contributed by atoms with Crippen LogP contribution >= 0.6 is 0 Å². The van der Waals surface area contributed by atoms with Gasteiger partial charge in [0.2, 0.25) is 5.95 Å². The Kier molecular flexibility index (Phi) is 4.51. The van der Waals surface area contributed by atoms with E-state index >= 15 is 0 Å². The van der Waals surface area contributed by atoms with E-state index in [2.05, 4.69) is 4.98 Å². The molecule has 1 atom stereocenters. The summed E-state index contributed by atoms with van der Waals surface area (Å²) < 4.78 is 18.9. The van der Waals surface area contributed by atoms with Gasteiger partial charge >= 0.3 is 0 Å². The standard InChI is InChI=1S/C25H23FN4O2/c1-14-18-8-6-15-4-5-16(17-7-11-22(26)28-13-17)12-20(15)25(19(18)9-10-21(14)32-3)23(31)30(2)24(27)29-25/h4-5,7,9-13H,6,8H2,1-3H3,(H2,27,29). The van der Waals surface area contributed by atoms with Gasteiger partial charge in [-0.25, -0.2) is 9.98 Å². The first-order valence-corrected chi connectivity index (χ1v) is 10.4. The van der Waals surface area contributed by atoms with E-state index in [1.807, 2.05) is 37.3 Å². The molecule has 0 bridgehead atoms. The number of pyridine rings is 1. The number of carbonyl (C=O) groups is 1. The van der Waals surface area contributed by atoms with Gasteiger partial charge in [-0.05, 0) is 77.4 Å². The van der Waals surface area contributed by atoms with Crippen molar-refractivity contribution in [2.45, 2.75) is 25.3 Å². The maximum Gasteiger partial charge on any atom is 0.266 e. The van der Waals surface area contributed by atoms with Crippen molar-refractivity contribution in [3.63, 3.8) is 0 Å². The molecular formula is C25H23FN4O2. The normalized spacial score (nSPS) is 19.4. The summed E-state index contributed by atoms with van der Waals surface area (Å²) >= 11 is 0. The molecule has 1 amide bonds. The van der Waals surface area contributed by atoms with Gasteiger partial charge in [-0.1, -0.05) is 18.2 Å². The van der Waals surface area contributed by atoms with Crippen molar-refractivity contribution in [3.8, 4) is 16.9 Å². The number of nitrogens with two attached hydrogens (primary N) is 1. The van der Waals surface area contributed by atoms with Gasteiger partial charge in [0.15, 0.2) is 11.5 Å². The van der Waals surface area contributed by atoms with Gasteiger partial charge in [0, 0.05) is 18.8 Å². The summed E-state index contributed by atoms with van der Waals surface area (Å²) in [6.07, 6.45) is 2.98. The van der Waals surface area contributed by atoms with E-state index in [-0.39, 0.29) is 11.9 Å². The first kappa shape index (κ1) is 20.2. The number of aromatic nitrogens is 1. The Morgan fingerprint density at radius 2 is 1.88 bits per heavy atom. The van der Waals surface area contributed by atoms with E-state index in [1.54, 1.807) is 20.2 Å². The third kappa shape index (κ3) is 2.74. The monoisotopic (exact) mass is 430 g/mol. The predicted molar refractivity (Wildman–Crippen MR) is 120 cm³/mol.